The first-order valence-corrected chi connectivity index (χ1v) is 6.17. The lowest BCUT2D eigenvalue weighted by Crippen LogP contribution is -2.19. The van der Waals surface area contributed by atoms with Crippen molar-refractivity contribution < 1.29 is 0 Å². The fraction of sp³-hybridized carbons (Fsp3) is 0.154. The highest BCUT2D eigenvalue weighted by atomic mass is 79.9. The zero-order valence-electron chi connectivity index (χ0n) is 9.84. The molecule has 0 fully saturated rings. The van der Waals surface area contributed by atoms with Crippen LogP contribution in [0.2, 0.25) is 0 Å². The fourth-order valence-corrected chi connectivity index (χ4v) is 1.90. The van der Waals surface area contributed by atoms with Crippen molar-refractivity contribution in [2.45, 2.75) is 6.54 Å². The van der Waals surface area contributed by atoms with E-state index in [1.54, 1.807) is 6.07 Å². The van der Waals surface area contributed by atoms with Crippen LogP contribution in [0.3, 0.4) is 0 Å². The molecule has 0 spiro atoms. The molecule has 1 heterocycles. The van der Waals surface area contributed by atoms with Crippen LogP contribution in [-0.4, -0.2) is 17.2 Å². The van der Waals surface area contributed by atoms with E-state index >= 15 is 0 Å². The third kappa shape index (κ3) is 2.84. The molecule has 0 aliphatic rings. The molecule has 90 valence electrons. The topological polar surface area (TPSA) is 52.8 Å². The molecule has 1 aromatic carbocycles. The molecule has 1 aromatic heterocycles. The van der Waals surface area contributed by atoms with Gasteiger partial charge >= 0.3 is 0 Å². The molecule has 0 saturated heterocycles. The summed E-state index contributed by atoms with van der Waals surface area (Å²) in [6.45, 7) is 0.681. The van der Waals surface area contributed by atoms with Gasteiger partial charge in [0.15, 0.2) is 5.82 Å². The summed E-state index contributed by atoms with van der Waals surface area (Å²) < 4.78 is 1.05. The van der Waals surface area contributed by atoms with Crippen LogP contribution in [0.5, 0.6) is 0 Å². The van der Waals surface area contributed by atoms with Crippen LogP contribution in [0.1, 0.15) is 11.1 Å². The molecule has 0 N–H and O–H groups in total. The molecule has 0 unspecified atom stereocenters. The maximum absolute atomic E-state index is 9.02. The molecule has 0 atom stereocenters. The highest BCUT2D eigenvalue weighted by molar-refractivity contribution is 9.10. The number of halogens is 1. The van der Waals surface area contributed by atoms with Crippen molar-refractivity contribution in [3.8, 4) is 6.07 Å². The largest absolute Gasteiger partial charge is 0.353 e. The van der Waals surface area contributed by atoms with Crippen LogP contribution in [0.4, 0.5) is 5.82 Å². The van der Waals surface area contributed by atoms with Gasteiger partial charge in [-0.1, -0.05) is 28.1 Å². The number of nitrogens with zero attached hydrogens (tertiary/aromatic N) is 4. The Labute approximate surface area is 114 Å². The number of benzene rings is 1. The van der Waals surface area contributed by atoms with Crippen molar-refractivity contribution in [3.63, 3.8) is 0 Å². The van der Waals surface area contributed by atoms with Gasteiger partial charge in [0, 0.05) is 18.1 Å². The molecule has 5 heteroatoms. The smallest absolute Gasteiger partial charge is 0.169 e. The number of nitriles is 1. The lowest BCUT2D eigenvalue weighted by atomic mass is 10.2. The average Bonchev–Trinajstić information content (AvgIpc) is 2.41. The molecule has 18 heavy (non-hydrogen) atoms. The van der Waals surface area contributed by atoms with E-state index in [2.05, 4.69) is 32.2 Å². The summed E-state index contributed by atoms with van der Waals surface area (Å²) in [6, 6.07) is 11.8. The molecule has 2 aromatic rings. The Kier molecular flexibility index (Phi) is 3.90. The molecular formula is C13H11BrN4. The Morgan fingerprint density at radius 3 is 2.67 bits per heavy atom. The van der Waals surface area contributed by atoms with Gasteiger partial charge < -0.3 is 4.90 Å². The van der Waals surface area contributed by atoms with Gasteiger partial charge in [0.2, 0.25) is 0 Å². The maximum atomic E-state index is 9.02. The number of hydrogen-bond donors (Lipinski definition) is 0. The first-order valence-electron chi connectivity index (χ1n) is 5.38. The van der Waals surface area contributed by atoms with Crippen molar-refractivity contribution in [2.24, 2.45) is 0 Å². The minimum absolute atomic E-state index is 0.532. The standard InChI is InChI=1S/C13H11BrN4/c1-18(9-10-2-4-12(14)5-3-10)13-11(8-15)6-7-16-17-13/h2-7H,9H2,1H3. The second-order valence-corrected chi connectivity index (χ2v) is 4.78. The summed E-state index contributed by atoms with van der Waals surface area (Å²) >= 11 is 3.40. The Hall–Kier alpha value is -1.93. The number of hydrogen-bond acceptors (Lipinski definition) is 4. The van der Waals surface area contributed by atoms with Gasteiger partial charge in [-0.25, -0.2) is 0 Å². The van der Waals surface area contributed by atoms with Gasteiger partial charge in [-0.3, -0.25) is 0 Å². The average molecular weight is 303 g/mol. The van der Waals surface area contributed by atoms with Gasteiger partial charge in [-0.15, -0.1) is 5.10 Å². The van der Waals surface area contributed by atoms with Crippen molar-refractivity contribution in [1.29, 1.82) is 5.26 Å². The molecule has 0 aliphatic heterocycles. The van der Waals surface area contributed by atoms with Crippen molar-refractivity contribution >= 4 is 21.7 Å². The molecule has 2 rings (SSSR count). The quantitative estimate of drug-likeness (QED) is 0.875. The van der Waals surface area contributed by atoms with Gasteiger partial charge in [0.25, 0.3) is 0 Å². The molecule has 0 amide bonds. The molecular weight excluding hydrogens is 292 g/mol. The first kappa shape index (κ1) is 12.5. The normalized spacial score (nSPS) is 9.83. The van der Waals surface area contributed by atoms with Crippen LogP contribution in [0.15, 0.2) is 41.0 Å². The zero-order valence-corrected chi connectivity index (χ0v) is 11.4. The van der Waals surface area contributed by atoms with Crippen molar-refractivity contribution in [3.05, 3.63) is 52.1 Å². The third-order valence-electron chi connectivity index (χ3n) is 2.52. The van der Waals surface area contributed by atoms with Crippen molar-refractivity contribution in [1.82, 2.24) is 10.2 Å². The van der Waals surface area contributed by atoms with E-state index in [1.807, 2.05) is 36.2 Å². The second kappa shape index (κ2) is 5.61. The van der Waals surface area contributed by atoms with Crippen LogP contribution in [0, 0.1) is 11.3 Å². The van der Waals surface area contributed by atoms with E-state index in [0.29, 0.717) is 17.9 Å². The highest BCUT2D eigenvalue weighted by Gasteiger charge is 2.09. The molecule has 0 bridgehead atoms. The summed E-state index contributed by atoms with van der Waals surface area (Å²) in [6.07, 6.45) is 1.52. The lowest BCUT2D eigenvalue weighted by molar-refractivity contribution is 0.862. The maximum Gasteiger partial charge on any atom is 0.169 e. The molecule has 0 aliphatic carbocycles. The Balaban J connectivity index is 2.19. The summed E-state index contributed by atoms with van der Waals surface area (Å²) in [5.41, 5.74) is 1.68. The summed E-state index contributed by atoms with van der Waals surface area (Å²) in [5.74, 6) is 0.600. The van der Waals surface area contributed by atoms with E-state index in [4.69, 9.17) is 5.26 Å². The van der Waals surface area contributed by atoms with E-state index in [1.165, 1.54) is 6.20 Å². The number of rotatable bonds is 3. The minimum atomic E-state index is 0.532. The van der Waals surface area contributed by atoms with Crippen LogP contribution in [-0.2, 0) is 6.54 Å². The van der Waals surface area contributed by atoms with Gasteiger partial charge in [-0.05, 0) is 23.8 Å². The Morgan fingerprint density at radius 2 is 2.00 bits per heavy atom. The molecule has 4 nitrogen and oxygen atoms in total. The van der Waals surface area contributed by atoms with Gasteiger partial charge in [0.05, 0.1) is 11.8 Å². The zero-order chi connectivity index (χ0) is 13.0. The molecule has 0 radical (unpaired) electrons. The molecule has 0 saturated carbocycles. The van der Waals surface area contributed by atoms with Gasteiger partial charge in [-0.2, -0.15) is 10.4 Å². The van der Waals surface area contributed by atoms with E-state index in [0.717, 1.165) is 10.0 Å². The van der Waals surface area contributed by atoms with Crippen molar-refractivity contribution in [2.75, 3.05) is 11.9 Å². The summed E-state index contributed by atoms with van der Waals surface area (Å²) in [5, 5.41) is 16.8. The predicted molar refractivity (Wildman–Crippen MR) is 73.0 cm³/mol. The van der Waals surface area contributed by atoms with E-state index in [-0.39, 0.29) is 0 Å². The van der Waals surface area contributed by atoms with E-state index in [9.17, 15) is 0 Å². The number of anilines is 1. The summed E-state index contributed by atoms with van der Waals surface area (Å²) in [7, 11) is 1.90. The highest BCUT2D eigenvalue weighted by Crippen LogP contribution is 2.17. The Morgan fingerprint density at radius 1 is 1.28 bits per heavy atom. The van der Waals surface area contributed by atoms with Gasteiger partial charge in [0.1, 0.15) is 6.07 Å². The Bertz CT molecular complexity index is 574. The third-order valence-corrected chi connectivity index (χ3v) is 3.04. The predicted octanol–water partition coefficient (Wildman–Crippen LogP) is 2.75. The second-order valence-electron chi connectivity index (χ2n) is 3.86. The monoisotopic (exact) mass is 302 g/mol. The minimum Gasteiger partial charge on any atom is -0.353 e. The number of aromatic nitrogens is 2. The van der Waals surface area contributed by atoms with Crippen LogP contribution >= 0.6 is 15.9 Å². The fourth-order valence-electron chi connectivity index (χ4n) is 1.63. The SMILES string of the molecule is CN(Cc1ccc(Br)cc1)c1nnccc1C#N. The van der Waals surface area contributed by atoms with E-state index < -0.39 is 0 Å². The van der Waals surface area contributed by atoms with Crippen LogP contribution in [0.25, 0.3) is 0 Å². The lowest BCUT2D eigenvalue weighted by Gasteiger charge is -2.18. The summed E-state index contributed by atoms with van der Waals surface area (Å²) in [4.78, 5) is 1.91. The first-order chi connectivity index (χ1) is 8.70. The van der Waals surface area contributed by atoms with Crippen LogP contribution < -0.4 is 4.90 Å².